The summed E-state index contributed by atoms with van der Waals surface area (Å²) in [5.74, 6) is -0.956. The normalized spacial score (nSPS) is 11.9. The van der Waals surface area contributed by atoms with E-state index in [9.17, 15) is 9.35 Å². The third-order valence-corrected chi connectivity index (χ3v) is 2.87. The van der Waals surface area contributed by atoms with Crippen LogP contribution >= 0.6 is 10.9 Å². The van der Waals surface area contributed by atoms with Gasteiger partial charge in [-0.15, -0.1) is 0 Å². The van der Waals surface area contributed by atoms with Crippen molar-refractivity contribution in [3.63, 3.8) is 0 Å². The molecule has 0 fully saturated rings. The van der Waals surface area contributed by atoms with E-state index in [0.717, 1.165) is 0 Å². The Bertz CT molecular complexity index is 494. The summed E-state index contributed by atoms with van der Waals surface area (Å²) >= 11 is 0. The number of nitrogens with zero attached hydrogens (tertiary/aromatic N) is 2. The van der Waals surface area contributed by atoms with E-state index in [1.54, 1.807) is 18.2 Å². The van der Waals surface area contributed by atoms with Crippen molar-refractivity contribution in [2.24, 2.45) is 0 Å². The predicted molar refractivity (Wildman–Crippen MR) is 49.5 cm³/mol. The highest BCUT2D eigenvalue weighted by Crippen LogP contribution is 2.26. The molecule has 1 aromatic heterocycles. The summed E-state index contributed by atoms with van der Waals surface area (Å²) in [6.45, 7) is 0. The second-order valence-corrected chi connectivity index (χ2v) is 3.84. The summed E-state index contributed by atoms with van der Waals surface area (Å²) in [4.78, 5) is 10.5. The van der Waals surface area contributed by atoms with Gasteiger partial charge in [-0.05, 0) is 6.07 Å². The summed E-state index contributed by atoms with van der Waals surface area (Å²) in [5, 5.41) is 12.3. The average molecular weight is 210 g/mol. The first-order valence-electron chi connectivity index (χ1n) is 3.86. The van der Waals surface area contributed by atoms with Crippen molar-refractivity contribution in [2.45, 2.75) is 6.42 Å². The van der Waals surface area contributed by atoms with Crippen molar-refractivity contribution in [3.8, 4) is 0 Å². The van der Waals surface area contributed by atoms with Crippen LogP contribution in [0.5, 0.6) is 0 Å². The minimum atomic E-state index is -1.53. The molecule has 1 N–H and O–H groups in total. The number of hydrogen-bond donors (Lipinski definition) is 1. The van der Waals surface area contributed by atoms with Gasteiger partial charge in [0.05, 0.1) is 21.9 Å². The van der Waals surface area contributed by atoms with Gasteiger partial charge in [-0.3, -0.25) is 4.79 Å². The van der Waals surface area contributed by atoms with Gasteiger partial charge < -0.3 is 9.66 Å². The molecule has 6 heteroatoms. The molecule has 5 nitrogen and oxygen atoms in total. The highest BCUT2D eigenvalue weighted by molar-refractivity contribution is 7.26. The number of aromatic nitrogens is 2. The van der Waals surface area contributed by atoms with E-state index >= 15 is 0 Å². The van der Waals surface area contributed by atoms with Gasteiger partial charge in [-0.2, -0.15) is 0 Å². The molecule has 0 aliphatic rings. The molecule has 1 unspecified atom stereocenters. The molecule has 0 bridgehead atoms. The number of aliphatic carboxylic acids is 1. The minimum absolute atomic E-state index is 0.153. The molecule has 1 atom stereocenters. The molecule has 0 amide bonds. The predicted octanol–water partition coefficient (Wildman–Crippen LogP) is 0.985. The van der Waals surface area contributed by atoms with E-state index in [4.69, 9.17) is 5.11 Å². The van der Waals surface area contributed by atoms with Gasteiger partial charge in [0.2, 0.25) is 4.70 Å². The van der Waals surface area contributed by atoms with Gasteiger partial charge in [-0.1, -0.05) is 17.2 Å². The summed E-state index contributed by atoms with van der Waals surface area (Å²) in [7, 11) is -1.53. The summed E-state index contributed by atoms with van der Waals surface area (Å²) in [6, 6.07) is 4.97. The first-order chi connectivity index (χ1) is 6.68. The lowest BCUT2D eigenvalue weighted by Crippen LogP contribution is -1.99. The number of carboxylic acid groups (broad SMARTS) is 1. The minimum Gasteiger partial charge on any atom is -0.567 e. The molecular formula is C8H6N2O3S. The SMILES string of the molecule is O=C(O)Cc1cccc2nn[s+]([O-])c12. The average Bonchev–Trinajstić information content (AvgIpc) is 2.48. The molecule has 0 radical (unpaired) electrons. The summed E-state index contributed by atoms with van der Waals surface area (Å²) in [5.41, 5.74) is 1.01. The van der Waals surface area contributed by atoms with E-state index in [1.807, 2.05) is 0 Å². The Balaban J connectivity index is 2.63. The lowest BCUT2D eigenvalue weighted by Gasteiger charge is -1.95. The van der Waals surface area contributed by atoms with Crippen molar-refractivity contribution < 1.29 is 14.5 Å². The quantitative estimate of drug-likeness (QED) is 0.747. The third kappa shape index (κ3) is 1.45. The number of benzene rings is 1. The van der Waals surface area contributed by atoms with E-state index in [0.29, 0.717) is 15.8 Å². The van der Waals surface area contributed by atoms with Gasteiger partial charge in [0.15, 0.2) is 5.52 Å². The topological polar surface area (TPSA) is 86.1 Å². The molecule has 1 heterocycles. The van der Waals surface area contributed by atoms with Crippen molar-refractivity contribution >= 4 is 27.1 Å². The summed E-state index contributed by atoms with van der Waals surface area (Å²) in [6.07, 6.45) is -0.153. The van der Waals surface area contributed by atoms with Crippen LogP contribution in [0.2, 0.25) is 0 Å². The zero-order chi connectivity index (χ0) is 10.1. The van der Waals surface area contributed by atoms with Gasteiger partial charge in [-0.25, -0.2) is 0 Å². The molecule has 14 heavy (non-hydrogen) atoms. The first kappa shape index (κ1) is 9.04. The third-order valence-electron chi connectivity index (χ3n) is 1.81. The molecule has 0 aliphatic carbocycles. The number of carbonyl (C=O) groups is 1. The Morgan fingerprint density at radius 3 is 3.07 bits per heavy atom. The van der Waals surface area contributed by atoms with Crippen molar-refractivity contribution in [1.29, 1.82) is 0 Å². The van der Waals surface area contributed by atoms with Crippen LogP contribution in [0.3, 0.4) is 0 Å². The highest BCUT2D eigenvalue weighted by Gasteiger charge is 2.15. The largest absolute Gasteiger partial charge is 0.567 e. The number of rotatable bonds is 2. The molecule has 2 rings (SSSR count). The van der Waals surface area contributed by atoms with Crippen molar-refractivity contribution in [1.82, 2.24) is 9.59 Å². The standard InChI is InChI=1S/C8H6N2O3S/c11-7(12)4-5-2-1-3-6-8(5)14(13)10-9-6/h1-3H,4H2,(H,11,12). The molecule has 0 spiro atoms. The summed E-state index contributed by atoms with van der Waals surface area (Å²) < 4.78 is 15.2. The van der Waals surface area contributed by atoms with Crippen LogP contribution in [0.4, 0.5) is 0 Å². The molecule has 0 aliphatic heterocycles. The molecule has 72 valence electrons. The smallest absolute Gasteiger partial charge is 0.308 e. The lowest BCUT2D eigenvalue weighted by atomic mass is 10.1. The van der Waals surface area contributed by atoms with E-state index in [1.165, 1.54) is 0 Å². The van der Waals surface area contributed by atoms with Crippen LogP contribution in [0.1, 0.15) is 5.56 Å². The second kappa shape index (κ2) is 3.32. The van der Waals surface area contributed by atoms with E-state index < -0.39 is 16.9 Å². The van der Waals surface area contributed by atoms with Crippen LogP contribution < -0.4 is 0 Å². The maximum atomic E-state index is 11.3. The Hall–Kier alpha value is -1.53. The first-order valence-corrected chi connectivity index (χ1v) is 4.96. The van der Waals surface area contributed by atoms with Gasteiger partial charge in [0, 0.05) is 5.56 Å². The number of carboxylic acids is 1. The van der Waals surface area contributed by atoms with Crippen LogP contribution in [0.25, 0.3) is 10.2 Å². The van der Waals surface area contributed by atoms with Gasteiger partial charge >= 0.3 is 5.97 Å². The zero-order valence-corrected chi connectivity index (χ0v) is 7.82. The molecule has 0 saturated carbocycles. The van der Waals surface area contributed by atoms with Crippen LogP contribution in [0, 0.1) is 0 Å². The van der Waals surface area contributed by atoms with Crippen LogP contribution in [0.15, 0.2) is 18.2 Å². The molecule has 2 aromatic rings. The van der Waals surface area contributed by atoms with E-state index in [-0.39, 0.29) is 6.42 Å². The van der Waals surface area contributed by atoms with Crippen LogP contribution in [-0.2, 0) is 11.2 Å². The maximum absolute atomic E-state index is 11.3. The van der Waals surface area contributed by atoms with Gasteiger partial charge in [0.25, 0.3) is 0 Å². The van der Waals surface area contributed by atoms with Gasteiger partial charge in [0.1, 0.15) is 0 Å². The Morgan fingerprint density at radius 1 is 1.57 bits per heavy atom. The van der Waals surface area contributed by atoms with E-state index in [2.05, 4.69) is 9.59 Å². The van der Waals surface area contributed by atoms with Crippen molar-refractivity contribution in [3.05, 3.63) is 23.8 Å². The monoisotopic (exact) mass is 210 g/mol. The zero-order valence-electron chi connectivity index (χ0n) is 7.01. The Labute approximate surface area is 82.0 Å². The molecular weight excluding hydrogens is 204 g/mol. The fourth-order valence-corrected chi connectivity index (χ4v) is 2.17. The van der Waals surface area contributed by atoms with Crippen LogP contribution in [-0.4, -0.2) is 25.2 Å². The second-order valence-electron chi connectivity index (χ2n) is 2.77. The fraction of sp³-hybridized carbons (Fsp3) is 0.125. The molecule has 1 aromatic carbocycles. The Kier molecular flexibility index (Phi) is 2.14. The highest BCUT2D eigenvalue weighted by atomic mass is 32.2. The number of fused-ring (bicyclic) bond motifs is 1. The molecule has 0 saturated heterocycles. The lowest BCUT2D eigenvalue weighted by molar-refractivity contribution is -0.136. The fourth-order valence-electron chi connectivity index (χ4n) is 1.28. The number of hydrogen-bond acceptors (Lipinski definition) is 4. The Morgan fingerprint density at radius 2 is 2.36 bits per heavy atom. The maximum Gasteiger partial charge on any atom is 0.308 e. The van der Waals surface area contributed by atoms with Crippen molar-refractivity contribution in [2.75, 3.05) is 0 Å².